The molecule has 108 valence electrons. The Hall–Kier alpha value is -1.46. The molecule has 2 atom stereocenters. The van der Waals surface area contributed by atoms with Gasteiger partial charge in [-0.15, -0.1) is 11.8 Å². The molecule has 1 heterocycles. The number of ether oxygens (including phenoxy) is 1. The highest BCUT2D eigenvalue weighted by Gasteiger charge is 2.22. The van der Waals surface area contributed by atoms with E-state index >= 15 is 0 Å². The number of hydrazine groups is 1. The first-order valence-electron chi connectivity index (χ1n) is 6.58. The number of nitrogens with one attached hydrogen (secondary N) is 2. The van der Waals surface area contributed by atoms with E-state index in [0.29, 0.717) is 6.42 Å². The van der Waals surface area contributed by atoms with Crippen LogP contribution in [-0.4, -0.2) is 25.3 Å². The van der Waals surface area contributed by atoms with Gasteiger partial charge >= 0.3 is 0 Å². The van der Waals surface area contributed by atoms with Crippen LogP contribution in [0.4, 0.5) is 0 Å². The van der Waals surface area contributed by atoms with Gasteiger partial charge in [-0.1, -0.05) is 25.1 Å². The topological polar surface area (TPSA) is 50.4 Å². The second kappa shape index (κ2) is 6.81. The van der Waals surface area contributed by atoms with Crippen LogP contribution < -0.4 is 15.6 Å². The van der Waals surface area contributed by atoms with E-state index in [-0.39, 0.29) is 17.9 Å². The van der Waals surface area contributed by atoms with E-state index in [1.807, 2.05) is 24.5 Å². The number of carbonyl (C=O) groups excluding carboxylic acids is 1. The van der Waals surface area contributed by atoms with Gasteiger partial charge in [0.05, 0.1) is 7.11 Å². The molecule has 0 aromatic heterocycles. The maximum atomic E-state index is 11.2. The lowest BCUT2D eigenvalue weighted by molar-refractivity contribution is -0.125. The minimum Gasteiger partial charge on any atom is -0.496 e. The van der Waals surface area contributed by atoms with Crippen molar-refractivity contribution in [1.82, 2.24) is 10.9 Å². The first-order valence-corrected chi connectivity index (χ1v) is 7.81. The molecule has 0 aliphatic carbocycles. The third-order valence-electron chi connectivity index (χ3n) is 3.42. The third kappa shape index (κ3) is 3.55. The van der Waals surface area contributed by atoms with Gasteiger partial charge in [0.25, 0.3) is 0 Å². The molecule has 1 aromatic rings. The fourth-order valence-electron chi connectivity index (χ4n) is 2.18. The minimum absolute atomic E-state index is 0.0454. The largest absolute Gasteiger partial charge is 0.496 e. The lowest BCUT2D eigenvalue weighted by Crippen LogP contribution is -2.52. The SMILES string of the molecule is COc1cc(SC)ccc1/C=C/C1NNC(=O)CC1C. The van der Waals surface area contributed by atoms with E-state index in [1.165, 1.54) is 4.90 Å². The molecule has 20 heavy (non-hydrogen) atoms. The van der Waals surface area contributed by atoms with Crippen LogP contribution in [0.25, 0.3) is 6.08 Å². The van der Waals surface area contributed by atoms with Crippen molar-refractivity contribution in [2.45, 2.75) is 24.3 Å². The highest BCUT2D eigenvalue weighted by atomic mass is 32.2. The Kier molecular flexibility index (Phi) is 5.09. The van der Waals surface area contributed by atoms with Crippen LogP contribution in [0.1, 0.15) is 18.9 Å². The highest BCUT2D eigenvalue weighted by Crippen LogP contribution is 2.26. The van der Waals surface area contributed by atoms with Crippen LogP contribution in [0, 0.1) is 5.92 Å². The summed E-state index contributed by atoms with van der Waals surface area (Å²) in [5.74, 6) is 1.18. The predicted octanol–water partition coefficient (Wildman–Crippen LogP) is 2.46. The summed E-state index contributed by atoms with van der Waals surface area (Å²) in [6, 6.07) is 6.29. The van der Waals surface area contributed by atoms with Gasteiger partial charge in [0.15, 0.2) is 0 Å². The molecule has 1 amide bonds. The van der Waals surface area contributed by atoms with Crippen LogP contribution in [0.3, 0.4) is 0 Å². The Morgan fingerprint density at radius 1 is 1.45 bits per heavy atom. The molecule has 1 aliphatic rings. The van der Waals surface area contributed by atoms with Gasteiger partial charge in [-0.05, 0) is 24.3 Å². The molecule has 1 aromatic carbocycles. The lowest BCUT2D eigenvalue weighted by atomic mass is 9.96. The Bertz CT molecular complexity index is 517. The van der Waals surface area contributed by atoms with E-state index < -0.39 is 0 Å². The van der Waals surface area contributed by atoms with Gasteiger partial charge in [0.2, 0.25) is 5.91 Å². The summed E-state index contributed by atoms with van der Waals surface area (Å²) in [6.07, 6.45) is 6.69. The van der Waals surface area contributed by atoms with Crippen molar-refractivity contribution in [3.8, 4) is 5.75 Å². The molecule has 2 N–H and O–H groups in total. The molecule has 1 saturated heterocycles. The van der Waals surface area contributed by atoms with E-state index in [2.05, 4.69) is 29.9 Å². The number of thioether (sulfide) groups is 1. The van der Waals surface area contributed by atoms with Crippen LogP contribution in [0.15, 0.2) is 29.2 Å². The van der Waals surface area contributed by atoms with Crippen LogP contribution in [0.2, 0.25) is 0 Å². The average Bonchev–Trinajstić information content (AvgIpc) is 2.46. The first kappa shape index (κ1) is 14.9. The van der Waals surface area contributed by atoms with E-state index in [4.69, 9.17) is 4.74 Å². The van der Waals surface area contributed by atoms with Crippen molar-refractivity contribution in [3.63, 3.8) is 0 Å². The van der Waals surface area contributed by atoms with E-state index in [9.17, 15) is 4.79 Å². The molecule has 2 unspecified atom stereocenters. The van der Waals surface area contributed by atoms with Gasteiger partial charge in [-0.25, -0.2) is 5.43 Å². The monoisotopic (exact) mass is 292 g/mol. The number of benzene rings is 1. The van der Waals surface area contributed by atoms with Crippen molar-refractivity contribution in [2.24, 2.45) is 5.92 Å². The fourth-order valence-corrected chi connectivity index (χ4v) is 2.61. The summed E-state index contributed by atoms with van der Waals surface area (Å²) in [7, 11) is 1.68. The Balaban J connectivity index is 2.12. The molecular formula is C15H20N2O2S. The van der Waals surface area contributed by atoms with Crippen molar-refractivity contribution in [3.05, 3.63) is 29.8 Å². The zero-order valence-corrected chi connectivity index (χ0v) is 12.8. The summed E-state index contributed by atoms with van der Waals surface area (Å²) in [6.45, 7) is 2.06. The molecule has 1 aliphatic heterocycles. The number of methoxy groups -OCH3 is 1. The van der Waals surface area contributed by atoms with Gasteiger partial charge in [0.1, 0.15) is 5.75 Å². The number of rotatable bonds is 4. The predicted molar refractivity (Wildman–Crippen MR) is 82.7 cm³/mol. The van der Waals surface area contributed by atoms with Crippen LogP contribution in [-0.2, 0) is 4.79 Å². The second-order valence-electron chi connectivity index (χ2n) is 4.87. The summed E-state index contributed by atoms with van der Waals surface area (Å²) >= 11 is 1.69. The molecular weight excluding hydrogens is 272 g/mol. The third-order valence-corrected chi connectivity index (χ3v) is 4.15. The number of amides is 1. The summed E-state index contributed by atoms with van der Waals surface area (Å²) in [5, 5.41) is 0. The Morgan fingerprint density at radius 2 is 2.25 bits per heavy atom. The molecule has 4 nitrogen and oxygen atoms in total. The molecule has 0 saturated carbocycles. The average molecular weight is 292 g/mol. The zero-order chi connectivity index (χ0) is 14.5. The maximum absolute atomic E-state index is 11.2. The number of hydrogen-bond acceptors (Lipinski definition) is 4. The first-order chi connectivity index (χ1) is 9.63. The van der Waals surface area contributed by atoms with Crippen LogP contribution >= 0.6 is 11.8 Å². The van der Waals surface area contributed by atoms with E-state index in [1.54, 1.807) is 18.9 Å². The summed E-state index contributed by atoms with van der Waals surface area (Å²) in [4.78, 5) is 12.4. The van der Waals surface area contributed by atoms with E-state index in [0.717, 1.165) is 11.3 Å². The molecule has 5 heteroatoms. The maximum Gasteiger partial charge on any atom is 0.234 e. The van der Waals surface area contributed by atoms with Crippen molar-refractivity contribution >= 4 is 23.7 Å². The zero-order valence-electron chi connectivity index (χ0n) is 12.0. The van der Waals surface area contributed by atoms with Gasteiger partial charge < -0.3 is 4.74 Å². The van der Waals surface area contributed by atoms with Crippen molar-refractivity contribution < 1.29 is 9.53 Å². The second-order valence-corrected chi connectivity index (χ2v) is 5.75. The smallest absolute Gasteiger partial charge is 0.234 e. The Morgan fingerprint density at radius 3 is 2.90 bits per heavy atom. The normalized spacial score (nSPS) is 22.9. The van der Waals surface area contributed by atoms with Gasteiger partial charge in [0, 0.05) is 22.9 Å². The molecule has 0 radical (unpaired) electrons. The quantitative estimate of drug-likeness (QED) is 0.837. The standard InChI is InChI=1S/C15H20N2O2S/c1-10-8-15(18)17-16-13(10)7-5-11-4-6-12(20-3)9-14(11)19-2/h4-7,9-10,13,16H,8H2,1-3H3,(H,17,18)/b7-5+. The lowest BCUT2D eigenvalue weighted by Gasteiger charge is -2.27. The van der Waals surface area contributed by atoms with Crippen LogP contribution in [0.5, 0.6) is 5.75 Å². The molecule has 0 bridgehead atoms. The minimum atomic E-state index is 0.0454. The summed E-state index contributed by atoms with van der Waals surface area (Å²) < 4.78 is 5.42. The van der Waals surface area contributed by atoms with Gasteiger partial charge in [-0.3, -0.25) is 10.2 Å². The van der Waals surface area contributed by atoms with Gasteiger partial charge in [-0.2, -0.15) is 0 Å². The number of carbonyl (C=O) groups is 1. The van der Waals surface area contributed by atoms with Crippen molar-refractivity contribution in [1.29, 1.82) is 0 Å². The molecule has 1 fully saturated rings. The van der Waals surface area contributed by atoms with Crippen molar-refractivity contribution in [2.75, 3.05) is 13.4 Å². The molecule has 0 spiro atoms. The Labute approximate surface area is 123 Å². The summed E-state index contributed by atoms with van der Waals surface area (Å²) in [5.41, 5.74) is 6.73. The number of hydrogen-bond donors (Lipinski definition) is 2. The highest BCUT2D eigenvalue weighted by molar-refractivity contribution is 7.98. The fraction of sp³-hybridized carbons (Fsp3) is 0.400. The molecule has 2 rings (SSSR count).